The highest BCUT2D eigenvalue weighted by molar-refractivity contribution is 5.35. The molecular formula is C16H25NO. The number of methoxy groups -OCH3 is 1. The normalized spacial score (nSPS) is 18.6. The maximum Gasteiger partial charge on any atom is 0.123 e. The van der Waals surface area contributed by atoms with Gasteiger partial charge in [0.25, 0.3) is 0 Å². The highest BCUT2D eigenvalue weighted by atomic mass is 16.5. The lowest BCUT2D eigenvalue weighted by Gasteiger charge is -2.27. The summed E-state index contributed by atoms with van der Waals surface area (Å²) in [6, 6.07) is 8.80. The summed E-state index contributed by atoms with van der Waals surface area (Å²) >= 11 is 0. The van der Waals surface area contributed by atoms with Gasteiger partial charge in [0, 0.05) is 11.6 Å². The van der Waals surface area contributed by atoms with Crippen molar-refractivity contribution in [2.75, 3.05) is 14.2 Å². The number of benzene rings is 1. The van der Waals surface area contributed by atoms with E-state index in [0.29, 0.717) is 6.04 Å². The predicted octanol–water partition coefficient (Wildman–Crippen LogP) is 3.93. The molecule has 1 aliphatic rings. The van der Waals surface area contributed by atoms with Crippen molar-refractivity contribution in [2.45, 2.75) is 44.6 Å². The van der Waals surface area contributed by atoms with Crippen LogP contribution < -0.4 is 10.1 Å². The zero-order chi connectivity index (χ0) is 12.8. The van der Waals surface area contributed by atoms with Crippen LogP contribution in [0.4, 0.5) is 0 Å². The molecule has 1 N–H and O–H groups in total. The molecule has 2 nitrogen and oxygen atoms in total. The predicted molar refractivity (Wildman–Crippen MR) is 76.0 cm³/mol. The van der Waals surface area contributed by atoms with Crippen LogP contribution in [0.15, 0.2) is 24.3 Å². The van der Waals surface area contributed by atoms with E-state index in [1.54, 1.807) is 7.11 Å². The summed E-state index contributed by atoms with van der Waals surface area (Å²) < 4.78 is 5.48. The van der Waals surface area contributed by atoms with Crippen LogP contribution in [0.2, 0.25) is 0 Å². The molecule has 0 bridgehead atoms. The van der Waals surface area contributed by atoms with Gasteiger partial charge in [-0.15, -0.1) is 0 Å². The molecule has 1 aliphatic carbocycles. The third-order valence-electron chi connectivity index (χ3n) is 4.16. The van der Waals surface area contributed by atoms with Crippen molar-refractivity contribution < 1.29 is 4.74 Å². The lowest BCUT2D eigenvalue weighted by atomic mass is 9.83. The van der Waals surface area contributed by atoms with E-state index < -0.39 is 0 Å². The third kappa shape index (κ3) is 3.26. The van der Waals surface area contributed by atoms with Crippen molar-refractivity contribution in [3.05, 3.63) is 29.8 Å². The Labute approximate surface area is 111 Å². The molecule has 1 unspecified atom stereocenters. The van der Waals surface area contributed by atoms with Crippen LogP contribution in [0.3, 0.4) is 0 Å². The van der Waals surface area contributed by atoms with E-state index in [1.165, 1.54) is 44.1 Å². The second-order valence-electron chi connectivity index (χ2n) is 5.32. The third-order valence-corrected chi connectivity index (χ3v) is 4.16. The monoisotopic (exact) mass is 247 g/mol. The van der Waals surface area contributed by atoms with Crippen LogP contribution in [0.5, 0.6) is 5.75 Å². The minimum atomic E-state index is 0.421. The first kappa shape index (κ1) is 13.4. The summed E-state index contributed by atoms with van der Waals surface area (Å²) in [5, 5.41) is 3.46. The summed E-state index contributed by atoms with van der Waals surface area (Å²) in [4.78, 5) is 0. The van der Waals surface area contributed by atoms with E-state index in [0.717, 1.165) is 11.7 Å². The Balaban J connectivity index is 2.07. The van der Waals surface area contributed by atoms with E-state index >= 15 is 0 Å². The second-order valence-corrected chi connectivity index (χ2v) is 5.32. The van der Waals surface area contributed by atoms with Gasteiger partial charge < -0.3 is 10.1 Å². The summed E-state index contributed by atoms with van der Waals surface area (Å²) in [6.45, 7) is 0. The van der Waals surface area contributed by atoms with Crippen LogP contribution >= 0.6 is 0 Å². The Morgan fingerprint density at radius 1 is 1.22 bits per heavy atom. The molecule has 2 heteroatoms. The van der Waals surface area contributed by atoms with Crippen molar-refractivity contribution in [1.29, 1.82) is 0 Å². The van der Waals surface area contributed by atoms with Crippen molar-refractivity contribution >= 4 is 0 Å². The van der Waals surface area contributed by atoms with E-state index in [1.807, 2.05) is 6.07 Å². The van der Waals surface area contributed by atoms with Crippen LogP contribution in [0, 0.1) is 5.92 Å². The largest absolute Gasteiger partial charge is 0.496 e. The molecule has 1 atom stereocenters. The first-order valence-electron chi connectivity index (χ1n) is 7.15. The number of para-hydroxylation sites is 1. The minimum Gasteiger partial charge on any atom is -0.496 e. The molecule has 0 aliphatic heterocycles. The molecule has 100 valence electrons. The fourth-order valence-electron chi connectivity index (χ4n) is 3.11. The maximum atomic E-state index is 5.48. The summed E-state index contributed by atoms with van der Waals surface area (Å²) in [6.07, 6.45) is 8.27. The minimum absolute atomic E-state index is 0.421. The smallest absolute Gasteiger partial charge is 0.123 e. The van der Waals surface area contributed by atoms with Gasteiger partial charge in [-0.05, 0) is 25.5 Å². The average molecular weight is 247 g/mol. The lowest BCUT2D eigenvalue weighted by molar-refractivity contribution is 0.301. The van der Waals surface area contributed by atoms with Crippen LogP contribution in [0.1, 0.15) is 50.1 Å². The van der Waals surface area contributed by atoms with E-state index in [2.05, 4.69) is 30.6 Å². The van der Waals surface area contributed by atoms with Gasteiger partial charge in [-0.1, -0.05) is 50.3 Å². The van der Waals surface area contributed by atoms with Crippen LogP contribution in [0.25, 0.3) is 0 Å². The van der Waals surface area contributed by atoms with Gasteiger partial charge in [0.1, 0.15) is 5.75 Å². The Hall–Kier alpha value is -1.02. The SMILES string of the molecule is CNC(CC1CCCCC1)c1ccccc1OC. The van der Waals surface area contributed by atoms with Gasteiger partial charge >= 0.3 is 0 Å². The zero-order valence-corrected chi connectivity index (χ0v) is 11.6. The molecule has 0 radical (unpaired) electrons. The lowest BCUT2D eigenvalue weighted by Crippen LogP contribution is -2.21. The van der Waals surface area contributed by atoms with Crippen molar-refractivity contribution in [1.82, 2.24) is 5.32 Å². The molecule has 1 saturated carbocycles. The van der Waals surface area contributed by atoms with E-state index in [4.69, 9.17) is 4.74 Å². The molecule has 1 fully saturated rings. The number of ether oxygens (including phenoxy) is 1. The first-order valence-corrected chi connectivity index (χ1v) is 7.15. The van der Waals surface area contributed by atoms with Crippen LogP contribution in [-0.2, 0) is 0 Å². The van der Waals surface area contributed by atoms with Gasteiger partial charge in [-0.25, -0.2) is 0 Å². The molecule has 2 rings (SSSR count). The second kappa shape index (κ2) is 6.79. The molecule has 18 heavy (non-hydrogen) atoms. The highest BCUT2D eigenvalue weighted by Crippen LogP contribution is 2.34. The first-order chi connectivity index (χ1) is 8.85. The van der Waals surface area contributed by atoms with E-state index in [-0.39, 0.29) is 0 Å². The van der Waals surface area contributed by atoms with Crippen molar-refractivity contribution in [3.8, 4) is 5.75 Å². The molecular weight excluding hydrogens is 222 g/mol. The van der Waals surface area contributed by atoms with Gasteiger partial charge in [0.2, 0.25) is 0 Å². The summed E-state index contributed by atoms with van der Waals surface area (Å²) in [5.74, 6) is 1.88. The fourth-order valence-corrected chi connectivity index (χ4v) is 3.11. The molecule has 0 heterocycles. The highest BCUT2D eigenvalue weighted by Gasteiger charge is 2.21. The standard InChI is InChI=1S/C16H25NO/c1-17-15(12-13-8-4-3-5-9-13)14-10-6-7-11-16(14)18-2/h6-7,10-11,13,15,17H,3-5,8-9,12H2,1-2H3. The zero-order valence-electron chi connectivity index (χ0n) is 11.6. The Bertz CT molecular complexity index is 358. The molecule has 1 aromatic carbocycles. The quantitative estimate of drug-likeness (QED) is 0.851. The van der Waals surface area contributed by atoms with Crippen molar-refractivity contribution in [2.24, 2.45) is 5.92 Å². The molecule has 0 aromatic heterocycles. The van der Waals surface area contributed by atoms with Gasteiger partial charge in [0.15, 0.2) is 0 Å². The number of rotatable bonds is 5. The Morgan fingerprint density at radius 2 is 1.94 bits per heavy atom. The number of hydrogen-bond donors (Lipinski definition) is 1. The fraction of sp³-hybridized carbons (Fsp3) is 0.625. The molecule has 0 saturated heterocycles. The Morgan fingerprint density at radius 3 is 2.61 bits per heavy atom. The van der Waals surface area contributed by atoms with Gasteiger partial charge in [0.05, 0.1) is 7.11 Å². The Kier molecular flexibility index (Phi) is 5.06. The van der Waals surface area contributed by atoms with Gasteiger partial charge in [-0.3, -0.25) is 0 Å². The van der Waals surface area contributed by atoms with Crippen molar-refractivity contribution in [3.63, 3.8) is 0 Å². The van der Waals surface area contributed by atoms with Gasteiger partial charge in [-0.2, -0.15) is 0 Å². The van der Waals surface area contributed by atoms with E-state index in [9.17, 15) is 0 Å². The average Bonchev–Trinajstić information content (AvgIpc) is 2.46. The molecule has 0 spiro atoms. The maximum absolute atomic E-state index is 5.48. The molecule has 0 amide bonds. The number of hydrogen-bond acceptors (Lipinski definition) is 2. The summed E-state index contributed by atoms with van der Waals surface area (Å²) in [5.41, 5.74) is 1.30. The summed E-state index contributed by atoms with van der Waals surface area (Å²) in [7, 11) is 3.81. The van der Waals surface area contributed by atoms with Crippen LogP contribution in [-0.4, -0.2) is 14.2 Å². The molecule has 1 aromatic rings. The topological polar surface area (TPSA) is 21.3 Å². The number of nitrogens with one attached hydrogen (secondary N) is 1.